The van der Waals surface area contributed by atoms with Crippen molar-refractivity contribution >= 4 is 52.0 Å². The molecule has 2 aliphatic rings. The molecule has 40 heavy (non-hydrogen) atoms. The number of pyridine rings is 1. The maximum atomic E-state index is 13.6. The van der Waals surface area contributed by atoms with Gasteiger partial charge in [-0.15, -0.1) is 0 Å². The molecule has 1 aromatic carbocycles. The normalized spacial score (nSPS) is 20.3. The van der Waals surface area contributed by atoms with E-state index in [0.717, 1.165) is 29.9 Å². The molecule has 1 aliphatic carbocycles. The molecule has 2 fully saturated rings. The Hall–Kier alpha value is -3.70. The van der Waals surface area contributed by atoms with Crippen LogP contribution in [0.1, 0.15) is 46.2 Å². The molecule has 0 bridgehead atoms. The lowest BCUT2D eigenvalue weighted by Gasteiger charge is -2.25. The molecular formula is C28H29ClN8O2S. The molecule has 1 saturated carbocycles. The zero-order chi connectivity index (χ0) is 28.1. The van der Waals surface area contributed by atoms with Crippen molar-refractivity contribution in [1.82, 2.24) is 29.2 Å². The van der Waals surface area contributed by atoms with Crippen molar-refractivity contribution in [3.63, 3.8) is 0 Å². The number of amides is 1. The van der Waals surface area contributed by atoms with Crippen LogP contribution in [-0.2, 0) is 7.05 Å². The summed E-state index contributed by atoms with van der Waals surface area (Å²) < 4.78 is 4.35. The molecule has 1 saturated heterocycles. The Bertz CT molecular complexity index is 1670. The average molecular weight is 577 g/mol. The first-order chi connectivity index (χ1) is 19.3. The van der Waals surface area contributed by atoms with E-state index in [1.54, 1.807) is 42.4 Å². The van der Waals surface area contributed by atoms with Gasteiger partial charge in [-0.05, 0) is 49.4 Å². The Kier molecular flexibility index (Phi) is 6.87. The van der Waals surface area contributed by atoms with Crippen molar-refractivity contribution in [2.45, 2.75) is 25.8 Å². The van der Waals surface area contributed by atoms with E-state index < -0.39 is 0 Å². The van der Waals surface area contributed by atoms with Crippen molar-refractivity contribution in [2.75, 3.05) is 29.6 Å². The predicted molar refractivity (Wildman–Crippen MR) is 158 cm³/mol. The SMILES string of the molecule is CSNC(=O)c1nc(Cl)ccc1NC(C)c1cc(C)cc2c(=O)n(C)c(N3CC4C(C3)C4c3cnccn3)nc12. The van der Waals surface area contributed by atoms with Crippen LogP contribution in [0.2, 0.25) is 5.15 Å². The summed E-state index contributed by atoms with van der Waals surface area (Å²) in [4.78, 5) is 46.5. The van der Waals surface area contributed by atoms with Crippen molar-refractivity contribution < 1.29 is 4.79 Å². The number of hydrogen-bond donors (Lipinski definition) is 2. The summed E-state index contributed by atoms with van der Waals surface area (Å²) >= 11 is 7.29. The van der Waals surface area contributed by atoms with Gasteiger partial charge in [-0.1, -0.05) is 29.6 Å². The topological polar surface area (TPSA) is 118 Å². The lowest BCUT2D eigenvalue weighted by atomic mass is 10.0. The van der Waals surface area contributed by atoms with E-state index in [9.17, 15) is 9.59 Å². The highest BCUT2D eigenvalue weighted by molar-refractivity contribution is 7.97. The maximum absolute atomic E-state index is 13.6. The Morgan fingerprint density at radius 2 is 1.95 bits per heavy atom. The zero-order valence-electron chi connectivity index (χ0n) is 22.6. The Balaban J connectivity index is 1.33. The summed E-state index contributed by atoms with van der Waals surface area (Å²) in [6.45, 7) is 5.58. The fraction of sp³-hybridized carbons (Fsp3) is 0.357. The van der Waals surface area contributed by atoms with Gasteiger partial charge >= 0.3 is 0 Å². The van der Waals surface area contributed by atoms with Gasteiger partial charge in [0.1, 0.15) is 5.15 Å². The minimum atomic E-state index is -0.347. The van der Waals surface area contributed by atoms with Gasteiger partial charge < -0.3 is 10.2 Å². The highest BCUT2D eigenvalue weighted by atomic mass is 35.5. The van der Waals surface area contributed by atoms with Crippen LogP contribution in [-0.4, -0.2) is 49.8 Å². The van der Waals surface area contributed by atoms with E-state index in [2.05, 4.69) is 29.9 Å². The lowest BCUT2D eigenvalue weighted by molar-refractivity contribution is 0.0980. The van der Waals surface area contributed by atoms with Gasteiger partial charge in [-0.25, -0.2) is 9.97 Å². The summed E-state index contributed by atoms with van der Waals surface area (Å²) in [5.74, 6) is 1.68. The van der Waals surface area contributed by atoms with Crippen molar-refractivity contribution in [1.29, 1.82) is 0 Å². The average Bonchev–Trinajstić information content (AvgIpc) is 3.45. The number of halogens is 1. The number of piperidine rings is 1. The number of nitrogens with zero attached hydrogens (tertiary/aromatic N) is 6. The van der Waals surface area contributed by atoms with E-state index in [4.69, 9.17) is 16.6 Å². The molecule has 3 unspecified atom stereocenters. The van der Waals surface area contributed by atoms with Crippen LogP contribution in [0.15, 0.2) is 47.7 Å². The first-order valence-corrected chi connectivity index (χ1v) is 14.7. The molecular weight excluding hydrogens is 548 g/mol. The molecule has 6 rings (SSSR count). The molecule has 0 radical (unpaired) electrons. The standard InChI is InChI=1S/C28H29ClN8O2S/c1-14-9-16(15(2)32-20-5-6-22(29)33-25(20)26(38)35-40-4)24-17(10-14)27(39)36(3)28(34-24)37-12-18-19(13-37)23(18)21-11-30-7-8-31-21/h5-11,15,18-19,23,32H,12-13H2,1-4H3,(H,35,38). The predicted octanol–water partition coefficient (Wildman–Crippen LogP) is 4.11. The number of anilines is 2. The lowest BCUT2D eigenvalue weighted by Crippen LogP contribution is -2.32. The van der Waals surface area contributed by atoms with Crippen molar-refractivity contribution in [3.05, 3.63) is 80.9 Å². The second-order valence-electron chi connectivity index (χ2n) is 10.4. The van der Waals surface area contributed by atoms with Crippen LogP contribution in [0.5, 0.6) is 0 Å². The number of nitrogens with one attached hydrogen (secondary N) is 2. The van der Waals surface area contributed by atoms with Crippen LogP contribution in [0.3, 0.4) is 0 Å². The Morgan fingerprint density at radius 1 is 1.18 bits per heavy atom. The quantitative estimate of drug-likeness (QED) is 0.247. The third-order valence-electron chi connectivity index (χ3n) is 7.84. The second kappa shape index (κ2) is 10.4. The third kappa shape index (κ3) is 4.66. The number of carbonyl (C=O) groups is 1. The van der Waals surface area contributed by atoms with Crippen LogP contribution in [0, 0.1) is 18.8 Å². The first kappa shape index (κ1) is 26.5. The summed E-state index contributed by atoms with van der Waals surface area (Å²) in [6, 6.07) is 7.01. The largest absolute Gasteiger partial charge is 0.377 e. The summed E-state index contributed by atoms with van der Waals surface area (Å²) in [6.07, 6.45) is 7.06. The Labute approximate surface area is 240 Å². The fourth-order valence-electron chi connectivity index (χ4n) is 5.94. The Morgan fingerprint density at radius 3 is 2.65 bits per heavy atom. The summed E-state index contributed by atoms with van der Waals surface area (Å²) in [7, 11) is 1.79. The molecule has 206 valence electrons. The number of rotatable bonds is 7. The summed E-state index contributed by atoms with van der Waals surface area (Å²) in [5, 5.41) is 4.20. The number of fused-ring (bicyclic) bond motifs is 2. The minimum Gasteiger partial charge on any atom is -0.377 e. The van der Waals surface area contributed by atoms with Gasteiger partial charge in [0, 0.05) is 56.5 Å². The number of benzene rings is 1. The molecule has 2 N–H and O–H groups in total. The zero-order valence-corrected chi connectivity index (χ0v) is 24.1. The van der Waals surface area contributed by atoms with Crippen molar-refractivity contribution in [3.8, 4) is 0 Å². The molecule has 12 heteroatoms. The maximum Gasteiger partial charge on any atom is 0.281 e. The molecule has 4 heterocycles. The van der Waals surface area contributed by atoms with Crippen LogP contribution in [0.4, 0.5) is 11.6 Å². The molecule has 0 spiro atoms. The number of aromatic nitrogens is 5. The molecule has 3 aromatic heterocycles. The van der Waals surface area contributed by atoms with E-state index in [1.165, 1.54) is 11.9 Å². The molecule has 4 aromatic rings. The number of aryl methyl sites for hydroxylation is 1. The first-order valence-electron chi connectivity index (χ1n) is 13.0. The van der Waals surface area contributed by atoms with Gasteiger partial charge in [0.2, 0.25) is 5.95 Å². The smallest absolute Gasteiger partial charge is 0.281 e. The van der Waals surface area contributed by atoms with E-state index >= 15 is 0 Å². The highest BCUT2D eigenvalue weighted by Gasteiger charge is 2.57. The summed E-state index contributed by atoms with van der Waals surface area (Å²) in [5.41, 5.74) is 4.15. The van der Waals surface area contributed by atoms with Crippen LogP contribution < -0.4 is 20.5 Å². The molecule has 3 atom stereocenters. The highest BCUT2D eigenvalue weighted by Crippen LogP contribution is 2.57. The van der Waals surface area contributed by atoms with E-state index in [0.29, 0.717) is 40.3 Å². The van der Waals surface area contributed by atoms with E-state index in [-0.39, 0.29) is 28.4 Å². The molecule has 10 nitrogen and oxygen atoms in total. The van der Waals surface area contributed by atoms with Crippen LogP contribution in [0.25, 0.3) is 10.9 Å². The van der Waals surface area contributed by atoms with Gasteiger partial charge in [-0.3, -0.25) is 28.8 Å². The van der Waals surface area contributed by atoms with Gasteiger partial charge in [-0.2, -0.15) is 0 Å². The van der Waals surface area contributed by atoms with Crippen molar-refractivity contribution in [2.24, 2.45) is 18.9 Å². The molecule has 1 amide bonds. The van der Waals surface area contributed by atoms with Crippen LogP contribution >= 0.6 is 23.5 Å². The molecule has 1 aliphatic heterocycles. The minimum absolute atomic E-state index is 0.0867. The van der Waals surface area contributed by atoms with Gasteiger partial charge in [0.15, 0.2) is 5.69 Å². The monoisotopic (exact) mass is 576 g/mol. The third-order valence-corrected chi connectivity index (χ3v) is 8.44. The second-order valence-corrected chi connectivity index (χ2v) is 11.4. The number of carbonyl (C=O) groups excluding carboxylic acids is 1. The fourth-order valence-corrected chi connectivity index (χ4v) is 6.37. The van der Waals surface area contributed by atoms with E-state index in [1.807, 2.05) is 32.2 Å². The van der Waals surface area contributed by atoms with Gasteiger partial charge in [0.25, 0.3) is 11.5 Å². The number of hydrogen-bond acceptors (Lipinski definition) is 9. The van der Waals surface area contributed by atoms with Gasteiger partial charge in [0.05, 0.1) is 28.3 Å².